The number of benzene rings is 1. The van der Waals surface area contributed by atoms with E-state index in [1.165, 1.54) is 5.56 Å². The van der Waals surface area contributed by atoms with Gasteiger partial charge in [0.1, 0.15) is 6.54 Å². The summed E-state index contributed by atoms with van der Waals surface area (Å²) in [6, 6.07) is 9.72. The summed E-state index contributed by atoms with van der Waals surface area (Å²) in [4.78, 5) is 16.5. The second-order valence-electron chi connectivity index (χ2n) is 6.71. The lowest BCUT2D eigenvalue weighted by molar-refractivity contribution is -0.116. The Morgan fingerprint density at radius 1 is 1.25 bits per heavy atom. The summed E-state index contributed by atoms with van der Waals surface area (Å²) in [5, 5.41) is 14.6. The number of nitrogens with one attached hydrogen (secondary N) is 2. The molecule has 1 amide bonds. The van der Waals surface area contributed by atoms with Crippen molar-refractivity contribution in [2.24, 2.45) is 0 Å². The fraction of sp³-hybridized carbons (Fsp3) is 0.158. The number of aromatic nitrogens is 5. The molecule has 0 spiro atoms. The molecule has 0 unspecified atom stereocenters. The zero-order valence-corrected chi connectivity index (χ0v) is 15.0. The van der Waals surface area contributed by atoms with Gasteiger partial charge in [-0.15, -0.1) is 5.10 Å². The number of nitrogen functional groups attached to an aromatic ring is 1. The molecular formula is C19H18N8O. The number of carbonyl (C=O) groups is 1. The molecule has 4 heterocycles. The predicted octanol–water partition coefficient (Wildman–Crippen LogP) is 1.78. The highest BCUT2D eigenvalue weighted by molar-refractivity contribution is 5.91. The number of hydrogen-bond donors (Lipinski definition) is 3. The number of amides is 1. The molecule has 0 fully saturated rings. The highest BCUT2D eigenvalue weighted by Crippen LogP contribution is 2.25. The average Bonchev–Trinajstić information content (AvgIpc) is 3.39. The molecule has 0 bridgehead atoms. The van der Waals surface area contributed by atoms with Gasteiger partial charge in [-0.2, -0.15) is 10.1 Å². The van der Waals surface area contributed by atoms with Gasteiger partial charge < -0.3 is 16.4 Å². The number of hydrogen-bond acceptors (Lipinski definition) is 6. The highest BCUT2D eigenvalue weighted by Gasteiger charge is 2.12. The van der Waals surface area contributed by atoms with Crippen molar-refractivity contribution in [3.8, 4) is 11.1 Å². The Kier molecular flexibility index (Phi) is 3.71. The minimum Gasteiger partial charge on any atom is -0.384 e. The lowest BCUT2D eigenvalue weighted by Crippen LogP contribution is -2.19. The number of anilines is 3. The van der Waals surface area contributed by atoms with Crippen molar-refractivity contribution in [3.05, 3.63) is 54.5 Å². The lowest BCUT2D eigenvalue weighted by Gasteiger charge is -2.07. The van der Waals surface area contributed by atoms with Crippen molar-refractivity contribution in [1.82, 2.24) is 24.4 Å². The van der Waals surface area contributed by atoms with Crippen LogP contribution in [0.5, 0.6) is 0 Å². The van der Waals surface area contributed by atoms with Gasteiger partial charge in [0, 0.05) is 35.9 Å². The van der Waals surface area contributed by atoms with Crippen LogP contribution < -0.4 is 16.4 Å². The quantitative estimate of drug-likeness (QED) is 0.502. The van der Waals surface area contributed by atoms with E-state index in [4.69, 9.17) is 5.73 Å². The van der Waals surface area contributed by atoms with Gasteiger partial charge in [0.05, 0.1) is 6.20 Å². The van der Waals surface area contributed by atoms with E-state index in [9.17, 15) is 4.79 Å². The maximum atomic E-state index is 12.4. The molecule has 1 aliphatic heterocycles. The van der Waals surface area contributed by atoms with Gasteiger partial charge >= 0.3 is 0 Å². The Hall–Kier alpha value is -3.88. The van der Waals surface area contributed by atoms with E-state index in [2.05, 4.69) is 25.8 Å². The zero-order chi connectivity index (χ0) is 19.1. The average molecular weight is 374 g/mol. The van der Waals surface area contributed by atoms with Crippen LogP contribution in [-0.4, -0.2) is 36.8 Å². The highest BCUT2D eigenvalue weighted by atomic mass is 16.2. The third-order valence-corrected chi connectivity index (χ3v) is 4.73. The first-order valence-corrected chi connectivity index (χ1v) is 8.95. The van der Waals surface area contributed by atoms with Crippen LogP contribution in [0.4, 0.5) is 17.3 Å². The van der Waals surface area contributed by atoms with Gasteiger partial charge in [-0.3, -0.25) is 9.48 Å². The van der Waals surface area contributed by atoms with Crippen molar-refractivity contribution in [1.29, 1.82) is 0 Å². The zero-order valence-electron chi connectivity index (χ0n) is 15.0. The topological polar surface area (TPSA) is 115 Å². The number of carbonyl (C=O) groups excluding carboxylic acids is 1. The van der Waals surface area contributed by atoms with Crippen LogP contribution >= 0.6 is 0 Å². The molecule has 4 N–H and O–H groups in total. The fourth-order valence-corrected chi connectivity index (χ4v) is 3.39. The monoisotopic (exact) mass is 374 g/mol. The molecule has 28 heavy (non-hydrogen) atoms. The van der Waals surface area contributed by atoms with Crippen LogP contribution in [0, 0.1) is 0 Å². The van der Waals surface area contributed by atoms with E-state index in [0.717, 1.165) is 35.5 Å². The van der Waals surface area contributed by atoms with Crippen LogP contribution in [0.1, 0.15) is 5.56 Å². The van der Waals surface area contributed by atoms with Crippen molar-refractivity contribution in [3.63, 3.8) is 0 Å². The molecule has 0 aliphatic carbocycles. The van der Waals surface area contributed by atoms with E-state index in [0.29, 0.717) is 5.65 Å². The number of fused-ring (bicyclic) bond motifs is 2. The molecule has 3 aromatic heterocycles. The maximum Gasteiger partial charge on any atom is 0.246 e. The van der Waals surface area contributed by atoms with Gasteiger partial charge in [-0.05, 0) is 41.8 Å². The second kappa shape index (κ2) is 6.38. The Labute approximate surface area is 160 Å². The largest absolute Gasteiger partial charge is 0.384 e. The van der Waals surface area contributed by atoms with Crippen molar-refractivity contribution in [2.45, 2.75) is 13.0 Å². The molecule has 9 nitrogen and oxygen atoms in total. The first kappa shape index (κ1) is 16.3. The Balaban J connectivity index is 1.29. The van der Waals surface area contributed by atoms with Gasteiger partial charge in [-0.1, -0.05) is 6.07 Å². The number of pyridine rings is 1. The predicted molar refractivity (Wildman–Crippen MR) is 106 cm³/mol. The van der Waals surface area contributed by atoms with Crippen LogP contribution in [0.3, 0.4) is 0 Å². The van der Waals surface area contributed by atoms with Crippen LogP contribution in [-0.2, 0) is 17.8 Å². The minimum absolute atomic E-state index is 0.130. The molecule has 0 atom stereocenters. The normalized spacial score (nSPS) is 12.7. The van der Waals surface area contributed by atoms with Gasteiger partial charge in [0.25, 0.3) is 0 Å². The summed E-state index contributed by atoms with van der Waals surface area (Å²) in [6.07, 6.45) is 6.36. The van der Waals surface area contributed by atoms with Crippen LogP contribution in [0.15, 0.2) is 48.9 Å². The van der Waals surface area contributed by atoms with E-state index in [-0.39, 0.29) is 18.4 Å². The Morgan fingerprint density at radius 3 is 3.11 bits per heavy atom. The third kappa shape index (κ3) is 3.02. The Bertz CT molecular complexity index is 1190. The first-order valence-electron chi connectivity index (χ1n) is 8.95. The number of nitrogens with zero attached hydrogens (tertiary/aromatic N) is 5. The summed E-state index contributed by atoms with van der Waals surface area (Å²) < 4.78 is 3.22. The first-order chi connectivity index (χ1) is 13.6. The smallest absolute Gasteiger partial charge is 0.246 e. The number of rotatable bonds is 4. The van der Waals surface area contributed by atoms with Crippen molar-refractivity contribution < 1.29 is 4.79 Å². The Morgan fingerprint density at radius 2 is 2.18 bits per heavy atom. The van der Waals surface area contributed by atoms with Crippen molar-refractivity contribution >= 4 is 28.9 Å². The minimum atomic E-state index is -0.131. The number of nitrogens with two attached hydrogens (primary N) is 1. The van der Waals surface area contributed by atoms with Crippen LogP contribution in [0.25, 0.3) is 16.8 Å². The summed E-state index contributed by atoms with van der Waals surface area (Å²) in [7, 11) is 0. The molecule has 1 aliphatic rings. The van der Waals surface area contributed by atoms with Gasteiger partial charge in [-0.25, -0.2) is 4.52 Å². The van der Waals surface area contributed by atoms with E-state index >= 15 is 0 Å². The fourth-order valence-electron chi connectivity index (χ4n) is 3.39. The van der Waals surface area contributed by atoms with E-state index < -0.39 is 0 Å². The summed E-state index contributed by atoms with van der Waals surface area (Å²) in [5.74, 6) is 0.0968. The molecule has 0 saturated heterocycles. The molecule has 1 aromatic carbocycles. The summed E-state index contributed by atoms with van der Waals surface area (Å²) in [5.41, 5.74) is 11.2. The molecule has 0 saturated carbocycles. The van der Waals surface area contributed by atoms with E-state index in [1.54, 1.807) is 21.6 Å². The second-order valence-corrected chi connectivity index (χ2v) is 6.71. The molecule has 4 aromatic rings. The molecule has 9 heteroatoms. The SMILES string of the molecule is Nc1nc2cc(-c3cnn(CC(=O)Nc4ccc5c(c4)NCC5)c3)ccn2n1. The van der Waals surface area contributed by atoms with Crippen LogP contribution in [0.2, 0.25) is 0 Å². The molecule has 0 radical (unpaired) electrons. The molecule has 5 rings (SSSR count). The summed E-state index contributed by atoms with van der Waals surface area (Å²) >= 11 is 0. The van der Waals surface area contributed by atoms with Crippen molar-refractivity contribution in [2.75, 3.05) is 22.9 Å². The third-order valence-electron chi connectivity index (χ3n) is 4.73. The maximum absolute atomic E-state index is 12.4. The molecule has 140 valence electrons. The van der Waals surface area contributed by atoms with Gasteiger partial charge in [0.2, 0.25) is 11.9 Å². The standard InChI is InChI=1S/C19H18N8O/c20-19-24-17-7-13(4-6-27(17)25-19)14-9-22-26(10-14)11-18(28)23-15-2-1-12-3-5-21-16(12)8-15/h1-2,4,6-10,21H,3,5,11H2,(H2,20,25)(H,23,28). The lowest BCUT2D eigenvalue weighted by atomic mass is 10.1. The summed E-state index contributed by atoms with van der Waals surface area (Å²) in [6.45, 7) is 1.07. The van der Waals surface area contributed by atoms with Gasteiger partial charge in [0.15, 0.2) is 5.65 Å². The molecular weight excluding hydrogens is 356 g/mol. The van der Waals surface area contributed by atoms with E-state index in [1.807, 2.05) is 36.5 Å².